The number of esters is 2. The lowest BCUT2D eigenvalue weighted by Crippen LogP contribution is -2.47. The van der Waals surface area contributed by atoms with Gasteiger partial charge in [0.15, 0.2) is 17.6 Å². The van der Waals surface area contributed by atoms with Gasteiger partial charge in [-0.3, -0.25) is 14.4 Å². The molecule has 1 aromatic rings. The van der Waals surface area contributed by atoms with Crippen molar-refractivity contribution in [1.29, 1.82) is 0 Å². The SMILES string of the molecule is CC(=O)OC1C[C@@H](OC(C)=O)CO[C@H]1Oc1ccc(C=O)cc1O. The van der Waals surface area contributed by atoms with Crippen LogP contribution in [0.2, 0.25) is 0 Å². The van der Waals surface area contributed by atoms with Crippen LogP contribution in [0.4, 0.5) is 0 Å². The van der Waals surface area contributed by atoms with Gasteiger partial charge in [-0.1, -0.05) is 0 Å². The molecule has 8 heteroatoms. The summed E-state index contributed by atoms with van der Waals surface area (Å²) < 4.78 is 21.2. The molecule has 1 aromatic carbocycles. The summed E-state index contributed by atoms with van der Waals surface area (Å²) in [6.07, 6.45) is -1.56. The molecule has 0 spiro atoms. The molecule has 0 amide bonds. The molecule has 0 aliphatic carbocycles. The van der Waals surface area contributed by atoms with Crippen molar-refractivity contribution in [1.82, 2.24) is 0 Å². The molecule has 0 aromatic heterocycles. The maximum Gasteiger partial charge on any atom is 0.303 e. The van der Waals surface area contributed by atoms with E-state index in [0.29, 0.717) is 6.29 Å². The summed E-state index contributed by atoms with van der Waals surface area (Å²) in [4.78, 5) is 33.0. The molecule has 1 heterocycles. The standard InChI is InChI=1S/C16H18O8/c1-9(18)22-12-6-15(23-10(2)19)16(21-8-12)24-14-4-3-11(7-17)5-13(14)20/h3-5,7,12,15-16,20H,6,8H2,1-2H3/t12-,15?,16+/m1/s1. The first-order valence-electron chi connectivity index (χ1n) is 7.30. The smallest absolute Gasteiger partial charge is 0.303 e. The number of rotatable bonds is 5. The molecule has 1 aliphatic rings. The van der Waals surface area contributed by atoms with Crippen LogP contribution in [0.25, 0.3) is 0 Å². The molecular weight excluding hydrogens is 320 g/mol. The number of aldehydes is 1. The van der Waals surface area contributed by atoms with E-state index in [1.807, 2.05) is 0 Å². The van der Waals surface area contributed by atoms with Crippen LogP contribution in [0.1, 0.15) is 30.6 Å². The maximum atomic E-state index is 11.3. The van der Waals surface area contributed by atoms with Gasteiger partial charge in [0.25, 0.3) is 0 Å². The summed E-state index contributed by atoms with van der Waals surface area (Å²) in [5, 5.41) is 9.88. The zero-order chi connectivity index (χ0) is 17.7. The minimum absolute atomic E-state index is 0.0647. The number of carbonyl (C=O) groups excluding carboxylic acids is 3. The van der Waals surface area contributed by atoms with Gasteiger partial charge in [0.2, 0.25) is 6.29 Å². The third-order valence-corrected chi connectivity index (χ3v) is 3.26. The van der Waals surface area contributed by atoms with Crippen molar-refractivity contribution < 1.29 is 38.4 Å². The fourth-order valence-corrected chi connectivity index (χ4v) is 2.32. The molecule has 8 nitrogen and oxygen atoms in total. The Morgan fingerprint density at radius 3 is 2.54 bits per heavy atom. The number of benzene rings is 1. The van der Waals surface area contributed by atoms with Crippen molar-refractivity contribution in [2.45, 2.75) is 38.8 Å². The third-order valence-electron chi connectivity index (χ3n) is 3.26. The van der Waals surface area contributed by atoms with Gasteiger partial charge in [-0.25, -0.2) is 0 Å². The van der Waals surface area contributed by atoms with Crippen molar-refractivity contribution in [2.75, 3.05) is 6.61 Å². The lowest BCUT2D eigenvalue weighted by Gasteiger charge is -2.34. The van der Waals surface area contributed by atoms with E-state index in [9.17, 15) is 19.5 Å². The summed E-state index contributed by atoms with van der Waals surface area (Å²) in [6, 6.07) is 4.12. The number of phenolic OH excluding ortho intramolecular Hbond substituents is 1. The van der Waals surface area contributed by atoms with Gasteiger partial charge >= 0.3 is 11.9 Å². The number of aromatic hydroxyl groups is 1. The second-order valence-corrected chi connectivity index (χ2v) is 5.28. The van der Waals surface area contributed by atoms with Gasteiger partial charge < -0.3 is 24.1 Å². The van der Waals surface area contributed by atoms with Gasteiger partial charge in [0.05, 0.1) is 6.61 Å². The van der Waals surface area contributed by atoms with Crippen molar-refractivity contribution >= 4 is 18.2 Å². The van der Waals surface area contributed by atoms with Gasteiger partial charge in [-0.2, -0.15) is 0 Å². The lowest BCUT2D eigenvalue weighted by molar-refractivity contribution is -0.220. The fraction of sp³-hybridized carbons (Fsp3) is 0.438. The zero-order valence-electron chi connectivity index (χ0n) is 13.3. The number of phenols is 1. The molecule has 1 saturated heterocycles. The number of carbonyl (C=O) groups is 3. The van der Waals surface area contributed by atoms with E-state index in [2.05, 4.69) is 0 Å². The van der Waals surface area contributed by atoms with Gasteiger partial charge in [-0.15, -0.1) is 0 Å². The normalized spacial score (nSPS) is 23.2. The molecule has 2 rings (SSSR count). The van der Waals surface area contributed by atoms with Crippen LogP contribution >= 0.6 is 0 Å². The van der Waals surface area contributed by atoms with E-state index in [1.165, 1.54) is 32.0 Å². The second-order valence-electron chi connectivity index (χ2n) is 5.28. The Morgan fingerprint density at radius 1 is 1.25 bits per heavy atom. The highest BCUT2D eigenvalue weighted by atomic mass is 16.7. The van der Waals surface area contributed by atoms with E-state index < -0.39 is 30.4 Å². The molecule has 1 fully saturated rings. The van der Waals surface area contributed by atoms with E-state index in [0.717, 1.165) is 0 Å². The fourth-order valence-electron chi connectivity index (χ4n) is 2.32. The highest BCUT2D eigenvalue weighted by Gasteiger charge is 2.37. The predicted octanol–water partition coefficient (Wildman–Crippen LogP) is 1.19. The van der Waals surface area contributed by atoms with Gasteiger partial charge in [-0.05, 0) is 18.2 Å². The predicted molar refractivity (Wildman–Crippen MR) is 79.6 cm³/mol. The Bertz CT molecular complexity index is 627. The van der Waals surface area contributed by atoms with Gasteiger partial charge in [0, 0.05) is 25.8 Å². The lowest BCUT2D eigenvalue weighted by atomic mass is 10.1. The molecule has 130 valence electrons. The van der Waals surface area contributed by atoms with E-state index in [1.54, 1.807) is 0 Å². The highest BCUT2D eigenvalue weighted by molar-refractivity contribution is 5.76. The molecular formula is C16H18O8. The minimum atomic E-state index is -0.978. The largest absolute Gasteiger partial charge is 0.504 e. The summed E-state index contributed by atoms with van der Waals surface area (Å²) in [5.74, 6) is -1.17. The average molecular weight is 338 g/mol. The Kier molecular flexibility index (Phi) is 5.75. The first-order chi connectivity index (χ1) is 11.4. The van der Waals surface area contributed by atoms with Crippen LogP contribution in [0.3, 0.4) is 0 Å². The number of hydrogen-bond acceptors (Lipinski definition) is 8. The van der Waals surface area contributed by atoms with Crippen molar-refractivity contribution in [3.8, 4) is 11.5 Å². The second kappa shape index (κ2) is 7.78. The van der Waals surface area contributed by atoms with E-state index in [4.69, 9.17) is 18.9 Å². The van der Waals surface area contributed by atoms with Crippen molar-refractivity contribution in [2.24, 2.45) is 0 Å². The van der Waals surface area contributed by atoms with Crippen LogP contribution in [0.5, 0.6) is 11.5 Å². The van der Waals surface area contributed by atoms with Crippen molar-refractivity contribution in [3.63, 3.8) is 0 Å². The summed E-state index contributed by atoms with van der Waals surface area (Å²) in [6.45, 7) is 2.58. The van der Waals surface area contributed by atoms with Crippen LogP contribution in [-0.2, 0) is 23.8 Å². The van der Waals surface area contributed by atoms with Crippen molar-refractivity contribution in [3.05, 3.63) is 23.8 Å². The highest BCUT2D eigenvalue weighted by Crippen LogP contribution is 2.30. The van der Waals surface area contributed by atoms with E-state index in [-0.39, 0.29) is 30.1 Å². The van der Waals surface area contributed by atoms with Gasteiger partial charge in [0.1, 0.15) is 12.4 Å². The Balaban J connectivity index is 2.10. The minimum Gasteiger partial charge on any atom is -0.504 e. The summed E-state index contributed by atoms with van der Waals surface area (Å²) >= 11 is 0. The maximum absolute atomic E-state index is 11.3. The molecule has 0 bridgehead atoms. The van der Waals surface area contributed by atoms with Crippen LogP contribution in [0.15, 0.2) is 18.2 Å². The topological polar surface area (TPSA) is 108 Å². The third kappa shape index (κ3) is 4.69. The molecule has 0 radical (unpaired) electrons. The molecule has 1 aliphatic heterocycles. The molecule has 1 unspecified atom stereocenters. The average Bonchev–Trinajstić information content (AvgIpc) is 2.50. The molecule has 1 N–H and O–H groups in total. The summed E-state index contributed by atoms with van der Waals surface area (Å²) in [5.41, 5.74) is 0.288. The van der Waals surface area contributed by atoms with Crippen LogP contribution in [-0.4, -0.2) is 48.4 Å². The monoisotopic (exact) mass is 338 g/mol. The van der Waals surface area contributed by atoms with E-state index >= 15 is 0 Å². The number of hydrogen-bond donors (Lipinski definition) is 1. The Morgan fingerprint density at radius 2 is 1.96 bits per heavy atom. The number of ether oxygens (including phenoxy) is 4. The zero-order valence-corrected chi connectivity index (χ0v) is 13.3. The summed E-state index contributed by atoms with van der Waals surface area (Å²) in [7, 11) is 0. The Hall–Kier alpha value is -2.61. The molecule has 0 saturated carbocycles. The molecule has 3 atom stereocenters. The first kappa shape index (κ1) is 17.7. The quantitative estimate of drug-likeness (QED) is 0.630. The van der Waals surface area contributed by atoms with Crippen LogP contribution in [0, 0.1) is 0 Å². The molecule has 24 heavy (non-hydrogen) atoms. The van der Waals surface area contributed by atoms with Crippen LogP contribution < -0.4 is 4.74 Å². The Labute approximate surface area is 138 Å². The first-order valence-corrected chi connectivity index (χ1v) is 7.30.